The first-order valence-electron chi connectivity index (χ1n) is 5.49. The van der Waals surface area contributed by atoms with Crippen LogP contribution in [0, 0.1) is 0 Å². The van der Waals surface area contributed by atoms with Gasteiger partial charge in [0, 0.05) is 11.3 Å². The van der Waals surface area contributed by atoms with Gasteiger partial charge in [0.1, 0.15) is 5.82 Å². The zero-order valence-electron chi connectivity index (χ0n) is 9.55. The van der Waals surface area contributed by atoms with Gasteiger partial charge in [-0.25, -0.2) is 4.98 Å². The predicted octanol–water partition coefficient (Wildman–Crippen LogP) is 2.78. The molecule has 0 aliphatic heterocycles. The third-order valence-corrected chi connectivity index (χ3v) is 3.33. The molecular weight excluding hydrogens is 244 g/mol. The van der Waals surface area contributed by atoms with E-state index >= 15 is 0 Å². The lowest BCUT2D eigenvalue weighted by Crippen LogP contribution is -1.88. The molecule has 2 aromatic carbocycles. The molecule has 0 aliphatic carbocycles. The van der Waals surface area contributed by atoms with Gasteiger partial charge in [0.2, 0.25) is 0 Å². The monoisotopic (exact) mass is 256 g/mol. The number of aromatic nitrogens is 2. The molecular formula is C13H12N4S. The summed E-state index contributed by atoms with van der Waals surface area (Å²) in [6.45, 7) is 0. The number of imidazole rings is 1. The number of H-pyrrole nitrogens is 1. The molecule has 5 heteroatoms. The van der Waals surface area contributed by atoms with Gasteiger partial charge in [0.15, 0.2) is 0 Å². The Morgan fingerprint density at radius 3 is 2.61 bits per heavy atom. The van der Waals surface area contributed by atoms with Crippen LogP contribution >= 0.6 is 11.9 Å². The summed E-state index contributed by atoms with van der Waals surface area (Å²) in [5.74, 6) is 0.825. The normalized spacial score (nSPS) is 10.9. The Kier molecular flexibility index (Phi) is 2.70. The van der Waals surface area contributed by atoms with Crippen LogP contribution in [0.25, 0.3) is 22.4 Å². The lowest BCUT2D eigenvalue weighted by molar-refractivity contribution is 1.33. The van der Waals surface area contributed by atoms with Gasteiger partial charge in [-0.3, -0.25) is 5.14 Å². The number of benzene rings is 2. The molecule has 90 valence electrons. The summed E-state index contributed by atoms with van der Waals surface area (Å²) < 4.78 is 0. The van der Waals surface area contributed by atoms with Crippen molar-refractivity contribution in [3.63, 3.8) is 0 Å². The van der Waals surface area contributed by atoms with E-state index in [4.69, 9.17) is 10.9 Å². The number of fused-ring (bicyclic) bond motifs is 1. The fourth-order valence-electron chi connectivity index (χ4n) is 1.93. The molecule has 0 amide bonds. The van der Waals surface area contributed by atoms with Crippen LogP contribution in [0.15, 0.2) is 47.4 Å². The first kappa shape index (κ1) is 11.1. The molecule has 5 N–H and O–H groups in total. The number of rotatable bonds is 2. The molecule has 0 fully saturated rings. The SMILES string of the molecule is NSc1cc(N)cc2nc(-c3ccccc3)[nH]c12. The molecule has 18 heavy (non-hydrogen) atoms. The average molecular weight is 256 g/mol. The maximum absolute atomic E-state index is 5.83. The van der Waals surface area contributed by atoms with E-state index in [2.05, 4.69) is 9.97 Å². The van der Waals surface area contributed by atoms with E-state index < -0.39 is 0 Å². The second kappa shape index (κ2) is 4.36. The molecule has 0 aliphatic rings. The summed E-state index contributed by atoms with van der Waals surface area (Å²) in [6.07, 6.45) is 0. The third kappa shape index (κ3) is 1.83. The van der Waals surface area contributed by atoms with Crippen molar-refractivity contribution in [3.8, 4) is 11.4 Å². The number of nitrogens with zero attached hydrogens (tertiary/aromatic N) is 1. The summed E-state index contributed by atoms with van der Waals surface area (Å²) in [5, 5.41) is 5.65. The van der Waals surface area contributed by atoms with Gasteiger partial charge in [-0.1, -0.05) is 30.3 Å². The number of hydrogen-bond donors (Lipinski definition) is 3. The largest absolute Gasteiger partial charge is 0.399 e. The number of anilines is 1. The summed E-state index contributed by atoms with van der Waals surface area (Å²) in [6, 6.07) is 13.7. The second-order valence-electron chi connectivity index (χ2n) is 3.98. The molecule has 0 atom stereocenters. The number of nitrogens with one attached hydrogen (secondary N) is 1. The van der Waals surface area contributed by atoms with E-state index in [-0.39, 0.29) is 0 Å². The Labute approximate surface area is 109 Å². The molecule has 3 rings (SSSR count). The molecule has 1 aromatic heterocycles. The van der Waals surface area contributed by atoms with Gasteiger partial charge in [-0.05, 0) is 24.1 Å². The lowest BCUT2D eigenvalue weighted by atomic mass is 10.2. The molecule has 0 spiro atoms. The van der Waals surface area contributed by atoms with Crippen molar-refractivity contribution in [2.24, 2.45) is 5.14 Å². The first-order valence-corrected chi connectivity index (χ1v) is 6.37. The maximum atomic E-state index is 5.83. The second-order valence-corrected chi connectivity index (χ2v) is 4.66. The molecule has 0 saturated carbocycles. The summed E-state index contributed by atoms with van der Waals surface area (Å²) >= 11 is 1.17. The Bertz CT molecular complexity index is 691. The summed E-state index contributed by atoms with van der Waals surface area (Å²) in [4.78, 5) is 8.74. The third-order valence-electron chi connectivity index (χ3n) is 2.75. The Hall–Kier alpha value is -1.98. The van der Waals surface area contributed by atoms with Crippen LogP contribution in [0.5, 0.6) is 0 Å². The Morgan fingerprint density at radius 2 is 1.89 bits per heavy atom. The van der Waals surface area contributed by atoms with Gasteiger partial charge in [0.25, 0.3) is 0 Å². The van der Waals surface area contributed by atoms with Gasteiger partial charge in [-0.15, -0.1) is 0 Å². The van der Waals surface area contributed by atoms with Gasteiger partial charge in [0.05, 0.1) is 15.9 Å². The Morgan fingerprint density at radius 1 is 1.11 bits per heavy atom. The van der Waals surface area contributed by atoms with E-state index in [1.807, 2.05) is 42.5 Å². The van der Waals surface area contributed by atoms with E-state index in [1.54, 1.807) is 0 Å². The van der Waals surface area contributed by atoms with Crippen molar-refractivity contribution >= 4 is 28.7 Å². The molecule has 0 bridgehead atoms. The Balaban J connectivity index is 2.23. The van der Waals surface area contributed by atoms with Crippen molar-refractivity contribution in [1.29, 1.82) is 0 Å². The van der Waals surface area contributed by atoms with Crippen LogP contribution < -0.4 is 10.9 Å². The highest BCUT2D eigenvalue weighted by Gasteiger charge is 2.09. The molecule has 0 saturated heterocycles. The minimum Gasteiger partial charge on any atom is -0.399 e. The predicted molar refractivity (Wildman–Crippen MR) is 76.0 cm³/mol. The van der Waals surface area contributed by atoms with E-state index in [1.165, 1.54) is 11.9 Å². The van der Waals surface area contributed by atoms with Crippen molar-refractivity contribution in [2.45, 2.75) is 4.90 Å². The lowest BCUT2D eigenvalue weighted by Gasteiger charge is -1.99. The highest BCUT2D eigenvalue weighted by atomic mass is 32.2. The highest BCUT2D eigenvalue weighted by molar-refractivity contribution is 7.97. The molecule has 0 radical (unpaired) electrons. The zero-order chi connectivity index (χ0) is 12.5. The quantitative estimate of drug-likeness (QED) is 0.486. The minimum atomic E-state index is 0.668. The minimum absolute atomic E-state index is 0.668. The van der Waals surface area contributed by atoms with Crippen LogP contribution in [0.1, 0.15) is 0 Å². The molecule has 0 unspecified atom stereocenters. The summed E-state index contributed by atoms with van der Waals surface area (Å²) in [7, 11) is 0. The van der Waals surface area contributed by atoms with Gasteiger partial charge < -0.3 is 10.7 Å². The van der Waals surface area contributed by atoms with Crippen LogP contribution in [0.4, 0.5) is 5.69 Å². The van der Waals surface area contributed by atoms with E-state index in [9.17, 15) is 0 Å². The number of nitrogen functional groups attached to an aromatic ring is 1. The molecule has 1 heterocycles. The van der Waals surface area contributed by atoms with E-state index in [0.29, 0.717) is 5.69 Å². The van der Waals surface area contributed by atoms with Crippen molar-refractivity contribution in [1.82, 2.24) is 9.97 Å². The van der Waals surface area contributed by atoms with Gasteiger partial charge in [-0.2, -0.15) is 0 Å². The molecule has 3 aromatic rings. The number of hydrogen-bond acceptors (Lipinski definition) is 4. The van der Waals surface area contributed by atoms with Crippen LogP contribution in [-0.2, 0) is 0 Å². The van der Waals surface area contributed by atoms with Crippen LogP contribution in [0.2, 0.25) is 0 Å². The smallest absolute Gasteiger partial charge is 0.138 e. The maximum Gasteiger partial charge on any atom is 0.138 e. The standard InChI is InChI=1S/C13H12N4S/c14-9-6-10-12(11(7-9)18-15)17-13(16-10)8-4-2-1-3-5-8/h1-7H,14-15H2,(H,16,17). The fraction of sp³-hybridized carbons (Fsp3) is 0. The molecule has 4 nitrogen and oxygen atoms in total. The van der Waals surface area contributed by atoms with Gasteiger partial charge >= 0.3 is 0 Å². The fourth-order valence-corrected chi connectivity index (χ4v) is 2.41. The van der Waals surface area contributed by atoms with Crippen LogP contribution in [-0.4, -0.2) is 9.97 Å². The van der Waals surface area contributed by atoms with Crippen molar-refractivity contribution in [2.75, 3.05) is 5.73 Å². The highest BCUT2D eigenvalue weighted by Crippen LogP contribution is 2.28. The zero-order valence-corrected chi connectivity index (χ0v) is 10.4. The number of nitrogens with two attached hydrogens (primary N) is 2. The van der Waals surface area contributed by atoms with Crippen molar-refractivity contribution < 1.29 is 0 Å². The first-order chi connectivity index (χ1) is 8.78. The summed E-state index contributed by atoms with van der Waals surface area (Å²) in [5.41, 5.74) is 9.30. The van der Waals surface area contributed by atoms with Crippen molar-refractivity contribution in [3.05, 3.63) is 42.5 Å². The van der Waals surface area contributed by atoms with E-state index in [0.717, 1.165) is 27.3 Å². The topological polar surface area (TPSA) is 80.7 Å². The average Bonchev–Trinajstić information content (AvgIpc) is 2.82. The number of aromatic amines is 1. The van der Waals surface area contributed by atoms with Crippen LogP contribution in [0.3, 0.4) is 0 Å².